The highest BCUT2D eigenvalue weighted by Crippen LogP contribution is 2.28. The Morgan fingerprint density at radius 2 is 1.84 bits per heavy atom. The van der Waals surface area contributed by atoms with Gasteiger partial charge in [-0.2, -0.15) is 0 Å². The van der Waals surface area contributed by atoms with E-state index in [9.17, 15) is 30.6 Å². The van der Waals surface area contributed by atoms with Crippen molar-refractivity contribution < 1.29 is 54.7 Å². The van der Waals surface area contributed by atoms with E-state index in [2.05, 4.69) is 23.7 Å². The summed E-state index contributed by atoms with van der Waals surface area (Å²) in [6, 6.07) is 0. The number of allylic oxidation sites excluding steroid dienone is 1. The first kappa shape index (κ1) is 26.7. The minimum Gasteiger partial charge on any atom is -0.393 e. The summed E-state index contributed by atoms with van der Waals surface area (Å²) in [6.07, 6.45) is -7.44. The molecule has 32 heavy (non-hydrogen) atoms. The van der Waals surface area contributed by atoms with Crippen molar-refractivity contribution >= 4 is 0 Å². The molecule has 0 aromatic heterocycles. The van der Waals surface area contributed by atoms with Gasteiger partial charge in [-0.1, -0.05) is 24.8 Å². The quantitative estimate of drug-likeness (QED) is 0.180. The molecule has 0 spiro atoms. The summed E-state index contributed by atoms with van der Waals surface area (Å²) < 4.78 is 21.6. The van der Waals surface area contributed by atoms with Crippen LogP contribution >= 0.6 is 0 Å². The number of ether oxygens (including phenoxy) is 4. The van der Waals surface area contributed by atoms with E-state index in [1.54, 1.807) is 6.92 Å². The van der Waals surface area contributed by atoms with Gasteiger partial charge in [-0.3, -0.25) is 0 Å². The molecule has 0 radical (unpaired) electrons. The zero-order valence-electron chi connectivity index (χ0n) is 17.6. The molecule has 2 fully saturated rings. The van der Waals surface area contributed by atoms with Crippen molar-refractivity contribution in [1.29, 1.82) is 0 Å². The molecule has 2 rings (SSSR count). The zero-order chi connectivity index (χ0) is 23.7. The Kier molecular flexibility index (Phi) is 10.5. The fraction of sp³-hybridized carbons (Fsp3) is 0.714. The molecule has 2 aliphatic heterocycles. The van der Waals surface area contributed by atoms with E-state index < -0.39 is 61.4 Å². The van der Waals surface area contributed by atoms with Gasteiger partial charge in [-0.05, 0) is 24.3 Å². The van der Waals surface area contributed by atoms with Crippen LogP contribution in [-0.4, -0.2) is 117 Å². The molecule has 11 heteroatoms. The number of hydrogen-bond acceptors (Lipinski definition) is 11. The predicted octanol–water partition coefficient (Wildman–Crippen LogP) is -3.40. The van der Waals surface area contributed by atoms with Crippen LogP contribution in [0.5, 0.6) is 0 Å². The Morgan fingerprint density at radius 1 is 1.09 bits per heavy atom. The first-order chi connectivity index (χ1) is 15.3. The van der Waals surface area contributed by atoms with Crippen molar-refractivity contribution in [3.8, 4) is 23.7 Å². The van der Waals surface area contributed by atoms with E-state index in [0.717, 1.165) is 0 Å². The molecule has 180 valence electrons. The SMILES string of the molecule is CCC(C#CC#C/C=C/CO)O[C@@H]1O[C@H](CO[C@@H]2OC[C@](O)(CO)[C@H]2O)[C@@H](O)[C@H](O)[C@H]1O. The maximum absolute atomic E-state index is 10.2. The Hall–Kier alpha value is -1.58. The monoisotopic (exact) mass is 458 g/mol. The average molecular weight is 458 g/mol. The lowest BCUT2D eigenvalue weighted by atomic mass is 9.99. The van der Waals surface area contributed by atoms with Crippen LogP contribution in [0.1, 0.15) is 13.3 Å². The van der Waals surface area contributed by atoms with Crippen LogP contribution in [0.2, 0.25) is 0 Å². The van der Waals surface area contributed by atoms with Gasteiger partial charge in [0.1, 0.15) is 42.2 Å². The van der Waals surface area contributed by atoms with E-state index in [1.807, 2.05) is 0 Å². The Morgan fingerprint density at radius 3 is 2.47 bits per heavy atom. The largest absolute Gasteiger partial charge is 0.393 e. The number of rotatable bonds is 8. The smallest absolute Gasteiger partial charge is 0.188 e. The topological polar surface area (TPSA) is 179 Å². The second-order valence-corrected chi connectivity index (χ2v) is 7.39. The molecule has 2 aliphatic rings. The van der Waals surface area contributed by atoms with Crippen molar-refractivity contribution in [2.75, 3.05) is 26.4 Å². The highest BCUT2D eigenvalue weighted by atomic mass is 16.7. The van der Waals surface area contributed by atoms with Crippen molar-refractivity contribution in [3.63, 3.8) is 0 Å². The van der Waals surface area contributed by atoms with Crippen LogP contribution in [0.25, 0.3) is 0 Å². The van der Waals surface area contributed by atoms with Crippen LogP contribution in [0, 0.1) is 23.7 Å². The molecule has 0 bridgehead atoms. The molecule has 2 saturated heterocycles. The maximum atomic E-state index is 10.2. The highest BCUT2D eigenvalue weighted by molar-refractivity contribution is 5.31. The lowest BCUT2D eigenvalue weighted by Crippen LogP contribution is -2.60. The fourth-order valence-corrected chi connectivity index (χ4v) is 2.99. The summed E-state index contributed by atoms with van der Waals surface area (Å²) in [4.78, 5) is 0. The third-order valence-electron chi connectivity index (χ3n) is 5.02. The van der Waals surface area contributed by atoms with E-state index in [1.165, 1.54) is 12.2 Å². The summed E-state index contributed by atoms with van der Waals surface area (Å²) in [5.41, 5.74) is -1.87. The molecule has 2 heterocycles. The minimum atomic E-state index is -1.87. The highest BCUT2D eigenvalue weighted by Gasteiger charge is 2.50. The van der Waals surface area contributed by atoms with Crippen molar-refractivity contribution in [2.45, 2.75) is 68.1 Å². The predicted molar refractivity (Wildman–Crippen MR) is 107 cm³/mol. The van der Waals surface area contributed by atoms with E-state index in [4.69, 9.17) is 24.1 Å². The lowest BCUT2D eigenvalue weighted by molar-refractivity contribution is -0.314. The summed E-state index contributed by atoms with van der Waals surface area (Å²) >= 11 is 0. The molecular weight excluding hydrogens is 428 g/mol. The van der Waals surface area contributed by atoms with Crippen LogP contribution in [0.3, 0.4) is 0 Å². The molecular formula is C21H30O11. The van der Waals surface area contributed by atoms with Gasteiger partial charge >= 0.3 is 0 Å². The Labute approximate surface area is 185 Å². The standard InChI is InChI=1S/C21H30O11/c1-2-13(8-6-4-3-5-7-9-22)31-19-17(26)16(25)15(24)14(32-19)10-29-20-18(27)21(28,11-23)12-30-20/h5,7,13-20,22-28H,2,9-12H2,1H3/b7-5+/t13?,14-,15-,16+,17-,18+,19-,20-,21-/m1/s1. The van der Waals surface area contributed by atoms with E-state index in [-0.39, 0.29) is 19.8 Å². The third kappa shape index (κ3) is 6.71. The van der Waals surface area contributed by atoms with E-state index in [0.29, 0.717) is 6.42 Å². The first-order valence-electron chi connectivity index (χ1n) is 10.1. The van der Waals surface area contributed by atoms with Gasteiger partial charge in [0.25, 0.3) is 0 Å². The second-order valence-electron chi connectivity index (χ2n) is 7.39. The second kappa shape index (κ2) is 12.6. The van der Waals surface area contributed by atoms with Gasteiger partial charge in [-0.15, -0.1) is 0 Å². The lowest BCUT2D eigenvalue weighted by Gasteiger charge is -2.41. The zero-order valence-corrected chi connectivity index (χ0v) is 17.6. The third-order valence-corrected chi connectivity index (χ3v) is 5.02. The summed E-state index contributed by atoms with van der Waals surface area (Å²) in [7, 11) is 0. The normalized spacial score (nSPS) is 38.1. The molecule has 7 N–H and O–H groups in total. The van der Waals surface area contributed by atoms with Crippen LogP contribution < -0.4 is 0 Å². The number of hydrogen-bond donors (Lipinski definition) is 7. The average Bonchev–Trinajstić information content (AvgIpc) is 3.08. The van der Waals surface area contributed by atoms with Gasteiger partial charge in [0, 0.05) is 0 Å². The molecule has 0 amide bonds. The van der Waals surface area contributed by atoms with Gasteiger partial charge in [-0.25, -0.2) is 0 Å². The van der Waals surface area contributed by atoms with Gasteiger partial charge in [0.15, 0.2) is 12.6 Å². The molecule has 0 saturated carbocycles. The minimum absolute atomic E-state index is 0.132. The molecule has 0 aliphatic carbocycles. The van der Waals surface area contributed by atoms with Crippen molar-refractivity contribution in [1.82, 2.24) is 0 Å². The summed E-state index contributed by atoms with van der Waals surface area (Å²) in [6.45, 7) is 0.178. The van der Waals surface area contributed by atoms with Crippen LogP contribution in [0.15, 0.2) is 12.2 Å². The molecule has 9 atom stereocenters. The van der Waals surface area contributed by atoms with Gasteiger partial charge in [0.05, 0.1) is 26.4 Å². The fourth-order valence-electron chi connectivity index (χ4n) is 2.99. The van der Waals surface area contributed by atoms with Crippen molar-refractivity contribution in [3.05, 3.63) is 12.2 Å². The molecule has 0 aromatic rings. The molecule has 0 aromatic carbocycles. The van der Waals surface area contributed by atoms with Crippen molar-refractivity contribution in [2.24, 2.45) is 0 Å². The molecule has 1 unspecified atom stereocenters. The summed E-state index contributed by atoms with van der Waals surface area (Å²) in [5.74, 6) is 10.5. The first-order valence-corrected chi connectivity index (χ1v) is 10.1. The van der Waals surface area contributed by atoms with Gasteiger partial charge in [0.2, 0.25) is 0 Å². The number of aliphatic hydroxyl groups excluding tert-OH is 6. The number of aliphatic hydroxyl groups is 7. The van der Waals surface area contributed by atoms with Gasteiger partial charge < -0.3 is 54.7 Å². The Balaban J connectivity index is 1.98. The Bertz CT molecular complexity index is 735. The molecule has 11 nitrogen and oxygen atoms in total. The maximum Gasteiger partial charge on any atom is 0.188 e. The van der Waals surface area contributed by atoms with Crippen LogP contribution in [-0.2, 0) is 18.9 Å². The van der Waals surface area contributed by atoms with Crippen LogP contribution in [0.4, 0.5) is 0 Å². The van der Waals surface area contributed by atoms with E-state index >= 15 is 0 Å². The summed E-state index contributed by atoms with van der Waals surface area (Å²) in [5, 5.41) is 68.4.